The summed E-state index contributed by atoms with van der Waals surface area (Å²) in [5.41, 5.74) is 1.37. The first-order valence-electron chi connectivity index (χ1n) is 11.2. The Bertz CT molecular complexity index is 967. The van der Waals surface area contributed by atoms with Crippen molar-refractivity contribution in [3.8, 4) is 0 Å². The van der Waals surface area contributed by atoms with Crippen LogP contribution in [-0.4, -0.2) is 61.2 Å². The number of fused-ring (bicyclic) bond motifs is 1. The lowest BCUT2D eigenvalue weighted by Gasteiger charge is -2.36. The summed E-state index contributed by atoms with van der Waals surface area (Å²) in [5.74, 6) is -1.49. The average Bonchev–Trinajstić information content (AvgIpc) is 3.41. The summed E-state index contributed by atoms with van der Waals surface area (Å²) in [4.78, 5) is 40.4. The lowest BCUT2D eigenvalue weighted by atomic mass is 9.77. The van der Waals surface area contributed by atoms with Gasteiger partial charge >= 0.3 is 5.97 Å². The fourth-order valence-electron chi connectivity index (χ4n) is 5.32. The van der Waals surface area contributed by atoms with Crippen LogP contribution in [0.3, 0.4) is 0 Å². The number of amides is 1. The van der Waals surface area contributed by atoms with E-state index in [1.54, 1.807) is 29.2 Å². The monoisotopic (exact) mass is 443 g/mol. The van der Waals surface area contributed by atoms with Crippen LogP contribution in [0.1, 0.15) is 54.1 Å². The molecule has 32 heavy (non-hydrogen) atoms. The van der Waals surface area contributed by atoms with E-state index in [4.69, 9.17) is 14.2 Å². The highest BCUT2D eigenvalue weighted by atomic mass is 19.1. The molecule has 2 fully saturated rings. The summed E-state index contributed by atoms with van der Waals surface area (Å²) < 4.78 is 30.7. The molecule has 0 spiro atoms. The predicted molar refractivity (Wildman–Crippen MR) is 110 cm³/mol. The van der Waals surface area contributed by atoms with Crippen LogP contribution in [0.4, 0.5) is 4.39 Å². The molecule has 0 radical (unpaired) electrons. The Kier molecular flexibility index (Phi) is 5.49. The third-order valence-corrected chi connectivity index (χ3v) is 6.95. The van der Waals surface area contributed by atoms with Crippen molar-refractivity contribution >= 4 is 17.7 Å². The van der Waals surface area contributed by atoms with Crippen molar-refractivity contribution in [2.45, 2.75) is 56.5 Å². The van der Waals surface area contributed by atoms with Crippen molar-refractivity contribution < 1.29 is 33.0 Å². The SMILES string of the molecule is COC(=O)c1ccc(C2C3=C(OC4CCC(F)CC4C3=O)C(=O)N2CC2CCCO2)cc1. The molecule has 8 heteroatoms. The molecule has 5 atom stereocenters. The minimum Gasteiger partial charge on any atom is -0.483 e. The van der Waals surface area contributed by atoms with Crippen molar-refractivity contribution in [2.24, 2.45) is 5.92 Å². The molecule has 1 aromatic rings. The zero-order chi connectivity index (χ0) is 22.4. The molecule has 5 rings (SSSR count). The first-order valence-corrected chi connectivity index (χ1v) is 11.2. The first-order chi connectivity index (χ1) is 15.5. The molecule has 5 unspecified atom stereocenters. The van der Waals surface area contributed by atoms with Crippen LogP contribution >= 0.6 is 0 Å². The smallest absolute Gasteiger partial charge is 0.337 e. The molecule has 170 valence electrons. The molecule has 1 amide bonds. The maximum absolute atomic E-state index is 14.1. The van der Waals surface area contributed by atoms with Crippen LogP contribution in [0.2, 0.25) is 0 Å². The second-order valence-electron chi connectivity index (χ2n) is 8.89. The summed E-state index contributed by atoms with van der Waals surface area (Å²) in [7, 11) is 1.31. The maximum atomic E-state index is 14.1. The molecular weight excluding hydrogens is 417 g/mol. The number of rotatable bonds is 4. The van der Waals surface area contributed by atoms with Gasteiger partial charge in [0.05, 0.1) is 36.3 Å². The molecule has 0 bridgehead atoms. The molecule has 3 heterocycles. The molecule has 0 N–H and O–H groups in total. The van der Waals surface area contributed by atoms with Gasteiger partial charge in [-0.05, 0) is 49.8 Å². The lowest BCUT2D eigenvalue weighted by molar-refractivity contribution is -0.137. The van der Waals surface area contributed by atoms with Gasteiger partial charge in [0.25, 0.3) is 5.91 Å². The highest BCUT2D eigenvalue weighted by Gasteiger charge is 2.53. The number of benzene rings is 1. The number of nitrogens with zero attached hydrogens (tertiary/aromatic N) is 1. The van der Waals surface area contributed by atoms with E-state index in [1.807, 2.05) is 0 Å². The van der Waals surface area contributed by atoms with Crippen LogP contribution < -0.4 is 0 Å². The number of methoxy groups -OCH3 is 1. The second kappa shape index (κ2) is 8.31. The Morgan fingerprint density at radius 3 is 2.66 bits per heavy atom. The van der Waals surface area contributed by atoms with E-state index in [0.29, 0.717) is 42.7 Å². The fraction of sp³-hybridized carbons (Fsp3) is 0.542. The number of esters is 1. The number of carbonyl (C=O) groups is 3. The molecule has 3 aliphatic heterocycles. The van der Waals surface area contributed by atoms with Gasteiger partial charge in [-0.15, -0.1) is 0 Å². The second-order valence-corrected chi connectivity index (χ2v) is 8.89. The van der Waals surface area contributed by atoms with Crippen LogP contribution in [0.15, 0.2) is 35.6 Å². The largest absolute Gasteiger partial charge is 0.483 e. The lowest BCUT2D eigenvalue weighted by Crippen LogP contribution is -2.42. The van der Waals surface area contributed by atoms with E-state index in [9.17, 15) is 18.8 Å². The molecule has 7 nitrogen and oxygen atoms in total. The fourth-order valence-corrected chi connectivity index (χ4v) is 5.32. The molecular formula is C24H26FNO6. The standard InChI is InChI=1S/C24H26FNO6/c1-30-24(29)14-6-4-13(5-7-14)20-19-21(27)17-11-15(25)8-9-18(17)32-22(19)23(28)26(20)12-16-3-2-10-31-16/h4-7,15-18,20H,2-3,8-12H2,1H3. The summed E-state index contributed by atoms with van der Waals surface area (Å²) in [6, 6.07) is 6.02. The van der Waals surface area contributed by atoms with E-state index in [-0.39, 0.29) is 30.0 Å². The number of ketones is 1. The number of carbonyl (C=O) groups excluding carboxylic acids is 3. The van der Waals surface area contributed by atoms with Crippen molar-refractivity contribution in [3.05, 3.63) is 46.7 Å². The van der Waals surface area contributed by atoms with Gasteiger partial charge in [-0.25, -0.2) is 9.18 Å². The number of Topliss-reactive ketones (excluding diaryl/α,β-unsaturated/α-hetero) is 1. The summed E-state index contributed by atoms with van der Waals surface area (Å²) >= 11 is 0. The molecule has 0 aromatic heterocycles. The summed E-state index contributed by atoms with van der Waals surface area (Å²) in [6.07, 6.45) is 1.04. The van der Waals surface area contributed by atoms with Gasteiger partial charge in [0.1, 0.15) is 12.3 Å². The first kappa shape index (κ1) is 21.1. The average molecular weight is 443 g/mol. The van der Waals surface area contributed by atoms with Gasteiger partial charge in [-0.2, -0.15) is 0 Å². The normalized spacial score (nSPS) is 31.9. The van der Waals surface area contributed by atoms with E-state index in [1.165, 1.54) is 7.11 Å². The van der Waals surface area contributed by atoms with Gasteiger partial charge in [0.2, 0.25) is 0 Å². The highest BCUT2D eigenvalue weighted by Crippen LogP contribution is 2.47. The van der Waals surface area contributed by atoms with Crippen LogP contribution in [-0.2, 0) is 23.8 Å². The van der Waals surface area contributed by atoms with Crippen molar-refractivity contribution in [2.75, 3.05) is 20.3 Å². The number of halogens is 1. The zero-order valence-electron chi connectivity index (χ0n) is 17.9. The Morgan fingerprint density at radius 2 is 1.97 bits per heavy atom. The molecule has 4 aliphatic rings. The molecule has 1 aromatic carbocycles. The van der Waals surface area contributed by atoms with Crippen molar-refractivity contribution in [3.63, 3.8) is 0 Å². The molecule has 1 aliphatic carbocycles. The summed E-state index contributed by atoms with van der Waals surface area (Å²) in [5, 5.41) is 0. The number of hydrogen-bond acceptors (Lipinski definition) is 6. The van der Waals surface area contributed by atoms with E-state index in [2.05, 4.69) is 0 Å². The third-order valence-electron chi connectivity index (χ3n) is 6.95. The number of hydrogen-bond donors (Lipinski definition) is 0. The quantitative estimate of drug-likeness (QED) is 0.666. The van der Waals surface area contributed by atoms with E-state index < -0.39 is 30.2 Å². The van der Waals surface area contributed by atoms with Crippen LogP contribution in [0.5, 0.6) is 0 Å². The Labute approximate surface area is 185 Å². The van der Waals surface area contributed by atoms with Crippen LogP contribution in [0.25, 0.3) is 0 Å². The Balaban J connectivity index is 1.53. The molecule has 1 saturated carbocycles. The molecule has 1 saturated heterocycles. The third kappa shape index (κ3) is 3.50. The topological polar surface area (TPSA) is 82.1 Å². The van der Waals surface area contributed by atoms with Gasteiger partial charge in [-0.3, -0.25) is 9.59 Å². The zero-order valence-corrected chi connectivity index (χ0v) is 17.9. The minimum atomic E-state index is -1.04. The van der Waals surface area contributed by atoms with Gasteiger partial charge < -0.3 is 19.1 Å². The number of ether oxygens (including phenoxy) is 3. The van der Waals surface area contributed by atoms with E-state index in [0.717, 1.165) is 12.8 Å². The summed E-state index contributed by atoms with van der Waals surface area (Å²) in [6.45, 7) is 0.989. The van der Waals surface area contributed by atoms with Gasteiger partial charge in [0, 0.05) is 13.2 Å². The van der Waals surface area contributed by atoms with Gasteiger partial charge in [0.15, 0.2) is 11.5 Å². The Morgan fingerprint density at radius 1 is 1.19 bits per heavy atom. The maximum Gasteiger partial charge on any atom is 0.337 e. The van der Waals surface area contributed by atoms with Gasteiger partial charge in [-0.1, -0.05) is 12.1 Å². The predicted octanol–water partition coefficient (Wildman–Crippen LogP) is 2.90. The van der Waals surface area contributed by atoms with Crippen molar-refractivity contribution in [1.29, 1.82) is 0 Å². The van der Waals surface area contributed by atoms with Crippen LogP contribution in [0, 0.1) is 5.92 Å². The highest BCUT2D eigenvalue weighted by molar-refractivity contribution is 6.11. The number of alkyl halides is 1. The minimum absolute atomic E-state index is 0.0913. The Hall–Kier alpha value is -2.74. The van der Waals surface area contributed by atoms with Crippen molar-refractivity contribution in [1.82, 2.24) is 4.90 Å². The van der Waals surface area contributed by atoms with E-state index >= 15 is 0 Å².